The van der Waals surface area contributed by atoms with E-state index in [4.69, 9.17) is 10.5 Å². The number of nitrogens with two attached hydrogens (primary N) is 1. The van der Waals surface area contributed by atoms with E-state index in [2.05, 4.69) is 15.9 Å². The molecular weight excluding hydrogens is 242 g/mol. The molecule has 2 nitrogen and oxygen atoms in total. The highest BCUT2D eigenvalue weighted by molar-refractivity contribution is 9.10. The second-order valence-corrected chi connectivity index (χ2v) is 4.67. The normalized spacial score (nSPS) is 24.7. The van der Waals surface area contributed by atoms with E-state index in [-0.39, 0.29) is 0 Å². The molecule has 0 bridgehead atoms. The Balaban J connectivity index is 1.78. The van der Waals surface area contributed by atoms with Crippen molar-refractivity contribution < 1.29 is 4.74 Å². The van der Waals surface area contributed by atoms with Gasteiger partial charge < -0.3 is 10.5 Å². The van der Waals surface area contributed by atoms with Crippen LogP contribution in [0.3, 0.4) is 0 Å². The fraction of sp³-hybridized carbons (Fsp3) is 0.455. The maximum Gasteiger partial charge on any atom is 0.119 e. The van der Waals surface area contributed by atoms with Crippen LogP contribution in [0.5, 0.6) is 5.75 Å². The van der Waals surface area contributed by atoms with E-state index in [0.29, 0.717) is 11.8 Å². The van der Waals surface area contributed by atoms with Gasteiger partial charge in [-0.2, -0.15) is 0 Å². The Morgan fingerprint density at radius 1 is 1.29 bits per heavy atom. The SMILES string of the molecule is NCC1CC1COc1ccc(Br)cc1. The fourth-order valence-corrected chi connectivity index (χ4v) is 1.80. The quantitative estimate of drug-likeness (QED) is 0.897. The highest BCUT2D eigenvalue weighted by Crippen LogP contribution is 2.37. The minimum atomic E-state index is 0.684. The van der Waals surface area contributed by atoms with Crippen LogP contribution in [-0.2, 0) is 0 Å². The fourth-order valence-electron chi connectivity index (χ4n) is 1.54. The third kappa shape index (κ3) is 2.49. The van der Waals surface area contributed by atoms with Gasteiger partial charge in [-0.1, -0.05) is 15.9 Å². The molecular formula is C11H14BrNO. The predicted molar refractivity (Wildman–Crippen MR) is 60.3 cm³/mol. The van der Waals surface area contributed by atoms with Crippen LogP contribution in [-0.4, -0.2) is 13.2 Å². The summed E-state index contributed by atoms with van der Waals surface area (Å²) in [6.45, 7) is 1.61. The molecule has 14 heavy (non-hydrogen) atoms. The zero-order valence-electron chi connectivity index (χ0n) is 7.95. The van der Waals surface area contributed by atoms with Crippen LogP contribution in [0.4, 0.5) is 0 Å². The minimum absolute atomic E-state index is 0.684. The first kappa shape index (κ1) is 9.99. The van der Waals surface area contributed by atoms with Crippen molar-refractivity contribution in [1.29, 1.82) is 0 Å². The molecule has 76 valence electrons. The van der Waals surface area contributed by atoms with Crippen molar-refractivity contribution in [3.8, 4) is 5.75 Å². The summed E-state index contributed by atoms with van der Waals surface area (Å²) in [5.74, 6) is 2.32. The number of ether oxygens (including phenoxy) is 1. The van der Waals surface area contributed by atoms with Crippen LogP contribution >= 0.6 is 15.9 Å². The molecule has 1 aliphatic rings. The molecule has 2 atom stereocenters. The Hall–Kier alpha value is -0.540. The summed E-state index contributed by atoms with van der Waals surface area (Å²) in [6.07, 6.45) is 1.23. The van der Waals surface area contributed by atoms with E-state index < -0.39 is 0 Å². The van der Waals surface area contributed by atoms with Crippen molar-refractivity contribution in [2.45, 2.75) is 6.42 Å². The summed E-state index contributed by atoms with van der Waals surface area (Å²) in [7, 11) is 0. The Morgan fingerprint density at radius 2 is 2.00 bits per heavy atom. The number of rotatable bonds is 4. The van der Waals surface area contributed by atoms with Gasteiger partial charge in [-0.05, 0) is 49.1 Å². The summed E-state index contributed by atoms with van der Waals surface area (Å²) >= 11 is 3.39. The Morgan fingerprint density at radius 3 is 2.57 bits per heavy atom. The molecule has 0 aliphatic heterocycles. The van der Waals surface area contributed by atoms with Crippen molar-refractivity contribution in [2.75, 3.05) is 13.2 Å². The summed E-state index contributed by atoms with van der Waals surface area (Å²) in [6, 6.07) is 7.93. The second kappa shape index (κ2) is 4.32. The van der Waals surface area contributed by atoms with E-state index in [0.717, 1.165) is 23.4 Å². The molecule has 2 N–H and O–H groups in total. The highest BCUT2D eigenvalue weighted by Gasteiger charge is 2.36. The summed E-state index contributed by atoms with van der Waals surface area (Å²) in [5.41, 5.74) is 5.55. The van der Waals surface area contributed by atoms with E-state index >= 15 is 0 Å². The maximum absolute atomic E-state index is 5.64. The van der Waals surface area contributed by atoms with Crippen molar-refractivity contribution in [1.82, 2.24) is 0 Å². The lowest BCUT2D eigenvalue weighted by molar-refractivity contribution is 0.292. The van der Waals surface area contributed by atoms with Crippen LogP contribution in [0.15, 0.2) is 28.7 Å². The molecule has 1 saturated carbocycles. The van der Waals surface area contributed by atoms with E-state index in [9.17, 15) is 0 Å². The Kier molecular flexibility index (Phi) is 3.08. The van der Waals surface area contributed by atoms with Crippen molar-refractivity contribution >= 4 is 15.9 Å². The van der Waals surface area contributed by atoms with Crippen LogP contribution in [0.25, 0.3) is 0 Å². The van der Waals surface area contributed by atoms with Gasteiger partial charge in [0.25, 0.3) is 0 Å². The van der Waals surface area contributed by atoms with Gasteiger partial charge in [0.1, 0.15) is 5.75 Å². The molecule has 2 rings (SSSR count). The molecule has 0 radical (unpaired) electrons. The molecule has 2 unspecified atom stereocenters. The van der Waals surface area contributed by atoms with Crippen molar-refractivity contribution in [3.63, 3.8) is 0 Å². The van der Waals surface area contributed by atoms with Crippen LogP contribution in [0, 0.1) is 11.8 Å². The molecule has 0 spiro atoms. The van der Waals surface area contributed by atoms with Crippen LogP contribution in [0.1, 0.15) is 6.42 Å². The summed E-state index contributed by atoms with van der Waals surface area (Å²) in [4.78, 5) is 0. The average molecular weight is 256 g/mol. The topological polar surface area (TPSA) is 35.2 Å². The van der Waals surface area contributed by atoms with Gasteiger partial charge in [0.05, 0.1) is 6.61 Å². The smallest absolute Gasteiger partial charge is 0.119 e. The molecule has 0 saturated heterocycles. The average Bonchev–Trinajstić information content (AvgIpc) is 2.96. The van der Waals surface area contributed by atoms with Crippen molar-refractivity contribution in [2.24, 2.45) is 17.6 Å². The Labute approximate surface area is 92.6 Å². The maximum atomic E-state index is 5.64. The molecule has 0 heterocycles. The summed E-state index contributed by atoms with van der Waals surface area (Å²) in [5, 5.41) is 0. The predicted octanol–water partition coefficient (Wildman–Crippen LogP) is 2.42. The molecule has 0 aromatic heterocycles. The lowest BCUT2D eigenvalue weighted by Gasteiger charge is -2.05. The molecule has 3 heteroatoms. The van der Waals surface area contributed by atoms with Crippen LogP contribution in [0.2, 0.25) is 0 Å². The van der Waals surface area contributed by atoms with Gasteiger partial charge in [0, 0.05) is 4.47 Å². The number of hydrogen-bond donors (Lipinski definition) is 1. The van der Waals surface area contributed by atoms with Gasteiger partial charge in [-0.15, -0.1) is 0 Å². The lowest BCUT2D eigenvalue weighted by Crippen LogP contribution is -2.07. The van der Waals surface area contributed by atoms with E-state index in [1.54, 1.807) is 0 Å². The molecule has 0 amide bonds. The first-order valence-electron chi connectivity index (χ1n) is 4.88. The first-order valence-corrected chi connectivity index (χ1v) is 5.67. The minimum Gasteiger partial charge on any atom is -0.493 e. The monoisotopic (exact) mass is 255 g/mol. The zero-order chi connectivity index (χ0) is 9.97. The zero-order valence-corrected chi connectivity index (χ0v) is 9.53. The van der Waals surface area contributed by atoms with Crippen LogP contribution < -0.4 is 10.5 Å². The van der Waals surface area contributed by atoms with Gasteiger partial charge >= 0.3 is 0 Å². The van der Waals surface area contributed by atoms with Gasteiger partial charge in [-0.3, -0.25) is 0 Å². The van der Waals surface area contributed by atoms with Gasteiger partial charge in [-0.25, -0.2) is 0 Å². The van der Waals surface area contributed by atoms with Gasteiger partial charge in [0.2, 0.25) is 0 Å². The third-order valence-corrected chi connectivity index (χ3v) is 3.18. The molecule has 1 aromatic carbocycles. The summed E-state index contributed by atoms with van der Waals surface area (Å²) < 4.78 is 6.72. The van der Waals surface area contributed by atoms with Gasteiger partial charge in [0.15, 0.2) is 0 Å². The first-order chi connectivity index (χ1) is 6.79. The standard InChI is InChI=1S/C11H14BrNO/c12-10-1-3-11(4-2-10)14-7-9-5-8(9)6-13/h1-4,8-9H,5-7,13H2. The molecule has 1 aromatic rings. The molecule has 1 fully saturated rings. The van der Waals surface area contributed by atoms with Crippen molar-refractivity contribution in [3.05, 3.63) is 28.7 Å². The number of halogens is 1. The Bertz CT molecular complexity index is 299. The largest absolute Gasteiger partial charge is 0.493 e. The van der Waals surface area contributed by atoms with E-state index in [1.165, 1.54) is 6.42 Å². The highest BCUT2D eigenvalue weighted by atomic mass is 79.9. The molecule has 1 aliphatic carbocycles. The van der Waals surface area contributed by atoms with E-state index in [1.807, 2.05) is 24.3 Å². The number of benzene rings is 1. The third-order valence-electron chi connectivity index (χ3n) is 2.65. The second-order valence-electron chi connectivity index (χ2n) is 3.76. The lowest BCUT2D eigenvalue weighted by atomic mass is 10.3. The number of hydrogen-bond acceptors (Lipinski definition) is 2.